The van der Waals surface area contributed by atoms with Crippen molar-refractivity contribution in [1.82, 2.24) is 0 Å². The van der Waals surface area contributed by atoms with E-state index in [2.05, 4.69) is 18.2 Å². The molecule has 0 aromatic heterocycles. The first-order valence-electron chi connectivity index (χ1n) is 6.19. The molecule has 0 amide bonds. The van der Waals surface area contributed by atoms with Gasteiger partial charge in [0.25, 0.3) is 0 Å². The van der Waals surface area contributed by atoms with Crippen LogP contribution in [-0.4, -0.2) is 19.3 Å². The zero-order chi connectivity index (χ0) is 11.7. The lowest BCUT2D eigenvalue weighted by Gasteiger charge is -2.21. The lowest BCUT2D eigenvalue weighted by atomic mass is 9.91. The molecule has 1 aromatic rings. The molecule has 17 heavy (non-hydrogen) atoms. The standard InChI is InChI=1S/C14H17NO2/c15-12-3-1-2-10(8-12)11-4-5-13-14(9-11)17-7-6-16-13/h4-5,8-9,12H,1-3,6-7,15H2. The Morgan fingerprint density at radius 1 is 1.12 bits per heavy atom. The number of fused-ring (bicyclic) bond motifs is 1. The summed E-state index contributed by atoms with van der Waals surface area (Å²) < 4.78 is 11.1. The second-order valence-electron chi connectivity index (χ2n) is 4.61. The maximum absolute atomic E-state index is 5.97. The second-order valence-corrected chi connectivity index (χ2v) is 4.61. The molecule has 1 aliphatic heterocycles. The highest BCUT2D eigenvalue weighted by atomic mass is 16.6. The average Bonchev–Trinajstić information content (AvgIpc) is 2.38. The third-order valence-electron chi connectivity index (χ3n) is 3.31. The highest BCUT2D eigenvalue weighted by Crippen LogP contribution is 2.35. The van der Waals surface area contributed by atoms with Crippen LogP contribution >= 0.6 is 0 Å². The molecule has 1 aliphatic carbocycles. The zero-order valence-electron chi connectivity index (χ0n) is 9.82. The van der Waals surface area contributed by atoms with Crippen LogP contribution in [-0.2, 0) is 0 Å². The topological polar surface area (TPSA) is 44.5 Å². The van der Waals surface area contributed by atoms with Crippen molar-refractivity contribution in [3.8, 4) is 11.5 Å². The van der Waals surface area contributed by atoms with Crippen molar-refractivity contribution in [2.45, 2.75) is 25.3 Å². The van der Waals surface area contributed by atoms with Crippen molar-refractivity contribution in [2.75, 3.05) is 13.2 Å². The van der Waals surface area contributed by atoms with Crippen molar-refractivity contribution in [3.63, 3.8) is 0 Å². The van der Waals surface area contributed by atoms with Gasteiger partial charge in [0.15, 0.2) is 11.5 Å². The van der Waals surface area contributed by atoms with Gasteiger partial charge in [0, 0.05) is 6.04 Å². The first-order valence-corrected chi connectivity index (χ1v) is 6.19. The molecule has 2 N–H and O–H groups in total. The van der Waals surface area contributed by atoms with E-state index in [9.17, 15) is 0 Å². The lowest BCUT2D eigenvalue weighted by Crippen LogP contribution is -2.20. The predicted octanol–water partition coefficient (Wildman–Crippen LogP) is 2.35. The summed E-state index contributed by atoms with van der Waals surface area (Å²) >= 11 is 0. The minimum atomic E-state index is 0.201. The molecular formula is C14H17NO2. The Morgan fingerprint density at radius 3 is 2.76 bits per heavy atom. The molecular weight excluding hydrogens is 214 g/mol. The SMILES string of the molecule is NC1C=C(c2ccc3c(c2)OCCO3)CCC1. The number of hydrogen-bond donors (Lipinski definition) is 1. The van der Waals surface area contributed by atoms with Gasteiger partial charge in [-0.1, -0.05) is 12.1 Å². The van der Waals surface area contributed by atoms with E-state index >= 15 is 0 Å². The molecule has 2 aliphatic rings. The van der Waals surface area contributed by atoms with Crippen LogP contribution in [0.1, 0.15) is 24.8 Å². The largest absolute Gasteiger partial charge is 0.486 e. The molecule has 1 aromatic carbocycles. The van der Waals surface area contributed by atoms with Crippen molar-refractivity contribution in [3.05, 3.63) is 29.8 Å². The van der Waals surface area contributed by atoms with E-state index in [0.717, 1.165) is 24.3 Å². The molecule has 90 valence electrons. The molecule has 1 atom stereocenters. The van der Waals surface area contributed by atoms with Gasteiger partial charge in [-0.3, -0.25) is 0 Å². The summed E-state index contributed by atoms with van der Waals surface area (Å²) in [6, 6.07) is 6.35. The van der Waals surface area contributed by atoms with Gasteiger partial charge in [-0.05, 0) is 42.5 Å². The molecule has 3 rings (SSSR count). The van der Waals surface area contributed by atoms with Gasteiger partial charge < -0.3 is 15.2 Å². The van der Waals surface area contributed by atoms with Gasteiger partial charge in [-0.2, -0.15) is 0 Å². The maximum atomic E-state index is 5.97. The van der Waals surface area contributed by atoms with Crippen LogP contribution in [0.25, 0.3) is 5.57 Å². The van der Waals surface area contributed by atoms with Crippen LogP contribution in [0.4, 0.5) is 0 Å². The fourth-order valence-electron chi connectivity index (χ4n) is 2.44. The van der Waals surface area contributed by atoms with E-state index in [1.165, 1.54) is 17.6 Å². The van der Waals surface area contributed by atoms with Crippen LogP contribution in [0.5, 0.6) is 11.5 Å². The summed E-state index contributed by atoms with van der Waals surface area (Å²) in [5, 5.41) is 0. The summed E-state index contributed by atoms with van der Waals surface area (Å²) in [6.07, 6.45) is 5.54. The normalized spacial score (nSPS) is 23.1. The molecule has 3 nitrogen and oxygen atoms in total. The number of benzene rings is 1. The minimum absolute atomic E-state index is 0.201. The Morgan fingerprint density at radius 2 is 1.94 bits per heavy atom. The van der Waals surface area contributed by atoms with E-state index in [0.29, 0.717) is 13.2 Å². The average molecular weight is 231 g/mol. The highest BCUT2D eigenvalue weighted by Gasteiger charge is 2.15. The maximum Gasteiger partial charge on any atom is 0.161 e. The summed E-state index contributed by atoms with van der Waals surface area (Å²) in [7, 11) is 0. The lowest BCUT2D eigenvalue weighted by molar-refractivity contribution is 0.171. The van der Waals surface area contributed by atoms with Crippen molar-refractivity contribution in [2.24, 2.45) is 5.73 Å². The van der Waals surface area contributed by atoms with E-state index in [4.69, 9.17) is 15.2 Å². The van der Waals surface area contributed by atoms with Crippen LogP contribution in [0.15, 0.2) is 24.3 Å². The number of allylic oxidation sites excluding steroid dienone is 1. The molecule has 3 heteroatoms. The van der Waals surface area contributed by atoms with Gasteiger partial charge in [0.2, 0.25) is 0 Å². The zero-order valence-corrected chi connectivity index (χ0v) is 9.82. The van der Waals surface area contributed by atoms with Gasteiger partial charge in [-0.25, -0.2) is 0 Å². The van der Waals surface area contributed by atoms with E-state index in [-0.39, 0.29) is 6.04 Å². The van der Waals surface area contributed by atoms with Crippen molar-refractivity contribution >= 4 is 5.57 Å². The van der Waals surface area contributed by atoms with Crippen LogP contribution in [0.3, 0.4) is 0 Å². The quantitative estimate of drug-likeness (QED) is 0.807. The highest BCUT2D eigenvalue weighted by molar-refractivity contribution is 5.69. The molecule has 0 radical (unpaired) electrons. The molecule has 0 spiro atoms. The molecule has 0 fully saturated rings. The second kappa shape index (κ2) is 4.41. The fraction of sp³-hybridized carbons (Fsp3) is 0.429. The Bertz CT molecular complexity index is 454. The molecule has 0 saturated carbocycles. The minimum Gasteiger partial charge on any atom is -0.486 e. The van der Waals surface area contributed by atoms with Gasteiger partial charge >= 0.3 is 0 Å². The van der Waals surface area contributed by atoms with Crippen molar-refractivity contribution in [1.29, 1.82) is 0 Å². The summed E-state index contributed by atoms with van der Waals surface area (Å²) in [5.74, 6) is 1.70. The molecule has 0 bridgehead atoms. The molecule has 1 unspecified atom stereocenters. The monoisotopic (exact) mass is 231 g/mol. The first kappa shape index (κ1) is 10.7. The number of hydrogen-bond acceptors (Lipinski definition) is 3. The first-order chi connectivity index (χ1) is 8.33. The fourth-order valence-corrected chi connectivity index (χ4v) is 2.44. The summed E-state index contributed by atoms with van der Waals surface area (Å²) in [4.78, 5) is 0. The molecule has 1 heterocycles. The Balaban J connectivity index is 1.93. The van der Waals surface area contributed by atoms with Gasteiger partial charge in [0.05, 0.1) is 0 Å². The Hall–Kier alpha value is -1.48. The molecule has 0 saturated heterocycles. The van der Waals surface area contributed by atoms with Crippen LogP contribution in [0.2, 0.25) is 0 Å². The van der Waals surface area contributed by atoms with Crippen molar-refractivity contribution < 1.29 is 9.47 Å². The van der Waals surface area contributed by atoms with Gasteiger partial charge in [0.1, 0.15) is 13.2 Å². The Labute approximate surface area is 101 Å². The number of rotatable bonds is 1. The summed E-state index contributed by atoms with van der Waals surface area (Å²) in [5.41, 5.74) is 8.51. The van der Waals surface area contributed by atoms with E-state index in [1.54, 1.807) is 0 Å². The van der Waals surface area contributed by atoms with Crippen LogP contribution in [0, 0.1) is 0 Å². The predicted molar refractivity (Wildman–Crippen MR) is 67.2 cm³/mol. The van der Waals surface area contributed by atoms with Crippen LogP contribution < -0.4 is 15.2 Å². The summed E-state index contributed by atoms with van der Waals surface area (Å²) in [6.45, 7) is 1.27. The Kier molecular flexibility index (Phi) is 2.77. The smallest absolute Gasteiger partial charge is 0.161 e. The third kappa shape index (κ3) is 2.15. The van der Waals surface area contributed by atoms with E-state index < -0.39 is 0 Å². The third-order valence-corrected chi connectivity index (χ3v) is 3.31. The van der Waals surface area contributed by atoms with Gasteiger partial charge in [-0.15, -0.1) is 0 Å². The number of nitrogens with two attached hydrogens (primary N) is 1. The number of ether oxygens (including phenoxy) is 2. The van der Waals surface area contributed by atoms with E-state index in [1.807, 2.05) is 6.07 Å².